The van der Waals surface area contributed by atoms with Crippen LogP contribution in [0.4, 0.5) is 0 Å². The number of hydrogen-bond acceptors (Lipinski definition) is 2. The second-order valence-corrected chi connectivity index (χ2v) is 6.31. The highest BCUT2D eigenvalue weighted by atomic mass is 16.5. The van der Waals surface area contributed by atoms with Crippen LogP contribution in [0.3, 0.4) is 0 Å². The number of fused-ring (bicyclic) bond motifs is 1. The van der Waals surface area contributed by atoms with E-state index < -0.39 is 0 Å². The van der Waals surface area contributed by atoms with Gasteiger partial charge in [-0.1, -0.05) is 18.2 Å². The topological polar surface area (TPSA) is 12.5 Å². The zero-order valence-corrected chi connectivity index (χ0v) is 10.9. The molecule has 1 spiro atoms. The van der Waals surface area contributed by atoms with Crippen molar-refractivity contribution in [3.05, 3.63) is 29.8 Å². The van der Waals surface area contributed by atoms with E-state index in [1.807, 2.05) is 0 Å². The van der Waals surface area contributed by atoms with E-state index in [0.717, 1.165) is 18.1 Å². The monoisotopic (exact) mass is 243 g/mol. The molecule has 0 unspecified atom stereocenters. The van der Waals surface area contributed by atoms with Crippen LogP contribution in [-0.4, -0.2) is 30.1 Å². The Morgan fingerprint density at radius 3 is 2.67 bits per heavy atom. The van der Waals surface area contributed by atoms with Crippen LogP contribution in [0.25, 0.3) is 0 Å². The maximum atomic E-state index is 6.28. The predicted octanol–water partition coefficient (Wildman–Crippen LogP) is 2.87. The Hall–Kier alpha value is -1.02. The molecule has 0 N–H and O–H groups in total. The maximum Gasteiger partial charge on any atom is 0.123 e. The summed E-state index contributed by atoms with van der Waals surface area (Å²) in [6, 6.07) is 8.56. The van der Waals surface area contributed by atoms with Crippen LogP contribution in [0.2, 0.25) is 0 Å². The summed E-state index contributed by atoms with van der Waals surface area (Å²) in [5.74, 6) is 2.15. The van der Waals surface area contributed by atoms with Crippen LogP contribution >= 0.6 is 0 Å². The van der Waals surface area contributed by atoms with Gasteiger partial charge in [0.1, 0.15) is 11.4 Å². The SMILES string of the molecule is c1ccc2c(c1)CC1(CCN(CC3CC3)CC1)O2. The van der Waals surface area contributed by atoms with Crippen molar-refractivity contribution < 1.29 is 4.74 Å². The molecule has 2 heterocycles. The smallest absolute Gasteiger partial charge is 0.123 e. The zero-order chi connectivity index (χ0) is 12.0. The summed E-state index contributed by atoms with van der Waals surface area (Å²) in [6.07, 6.45) is 6.45. The molecule has 1 saturated carbocycles. The van der Waals surface area contributed by atoms with Gasteiger partial charge in [0.2, 0.25) is 0 Å². The third kappa shape index (κ3) is 1.93. The molecule has 1 aliphatic carbocycles. The number of rotatable bonds is 2. The number of nitrogens with zero attached hydrogens (tertiary/aromatic N) is 1. The minimum atomic E-state index is 0.129. The number of ether oxygens (including phenoxy) is 1. The Bertz CT molecular complexity index is 417. The minimum Gasteiger partial charge on any atom is -0.487 e. The highest BCUT2D eigenvalue weighted by Crippen LogP contribution is 2.41. The molecule has 2 aliphatic heterocycles. The third-order valence-corrected chi connectivity index (χ3v) is 4.79. The summed E-state index contributed by atoms with van der Waals surface area (Å²) in [5.41, 5.74) is 1.54. The molecule has 1 saturated heterocycles. The normalized spacial score (nSPS) is 26.0. The fourth-order valence-corrected chi connectivity index (χ4v) is 3.45. The van der Waals surface area contributed by atoms with E-state index in [4.69, 9.17) is 4.74 Å². The fourth-order valence-electron chi connectivity index (χ4n) is 3.45. The van der Waals surface area contributed by atoms with Crippen LogP contribution in [-0.2, 0) is 6.42 Å². The first-order valence-corrected chi connectivity index (χ1v) is 7.32. The third-order valence-electron chi connectivity index (χ3n) is 4.79. The Kier molecular flexibility index (Phi) is 2.41. The van der Waals surface area contributed by atoms with Crippen molar-refractivity contribution in [2.45, 2.75) is 37.7 Å². The molecule has 2 fully saturated rings. The first-order chi connectivity index (χ1) is 8.83. The van der Waals surface area contributed by atoms with Gasteiger partial charge in [-0.2, -0.15) is 0 Å². The van der Waals surface area contributed by atoms with Crippen molar-refractivity contribution in [1.82, 2.24) is 4.90 Å². The minimum absolute atomic E-state index is 0.129. The first kappa shape index (κ1) is 10.9. The van der Waals surface area contributed by atoms with Crippen LogP contribution in [0.15, 0.2) is 24.3 Å². The first-order valence-electron chi connectivity index (χ1n) is 7.32. The molecule has 18 heavy (non-hydrogen) atoms. The largest absolute Gasteiger partial charge is 0.487 e. The standard InChI is InChI=1S/C16H21NO/c1-2-4-15-14(3-1)11-16(18-15)7-9-17(10-8-16)12-13-5-6-13/h1-4,13H,5-12H2. The van der Waals surface area contributed by atoms with Gasteiger partial charge in [-0.15, -0.1) is 0 Å². The summed E-state index contributed by atoms with van der Waals surface area (Å²) in [7, 11) is 0. The molecule has 2 heteroatoms. The molecule has 0 bridgehead atoms. The number of piperidine rings is 1. The number of hydrogen-bond donors (Lipinski definition) is 0. The second-order valence-electron chi connectivity index (χ2n) is 6.31. The summed E-state index contributed by atoms with van der Waals surface area (Å²) >= 11 is 0. The molecule has 0 amide bonds. The van der Waals surface area contributed by atoms with Gasteiger partial charge < -0.3 is 9.64 Å². The van der Waals surface area contributed by atoms with E-state index in [9.17, 15) is 0 Å². The van der Waals surface area contributed by atoms with Gasteiger partial charge in [-0.25, -0.2) is 0 Å². The highest BCUT2D eigenvalue weighted by Gasteiger charge is 2.42. The van der Waals surface area contributed by atoms with E-state index in [0.29, 0.717) is 0 Å². The molecule has 1 aromatic rings. The lowest BCUT2D eigenvalue weighted by atomic mass is 9.87. The molecular formula is C16H21NO. The van der Waals surface area contributed by atoms with Gasteiger partial charge in [0.15, 0.2) is 0 Å². The lowest BCUT2D eigenvalue weighted by Crippen LogP contribution is -2.47. The number of para-hydroxylation sites is 1. The van der Waals surface area contributed by atoms with E-state index >= 15 is 0 Å². The predicted molar refractivity (Wildman–Crippen MR) is 71.9 cm³/mol. The van der Waals surface area contributed by atoms with E-state index in [1.54, 1.807) is 0 Å². The molecule has 96 valence electrons. The number of benzene rings is 1. The van der Waals surface area contributed by atoms with Crippen molar-refractivity contribution >= 4 is 0 Å². The Balaban J connectivity index is 1.42. The van der Waals surface area contributed by atoms with Gasteiger partial charge >= 0.3 is 0 Å². The maximum absolute atomic E-state index is 6.28. The second kappa shape index (κ2) is 3.99. The van der Waals surface area contributed by atoms with Gasteiger partial charge in [0.25, 0.3) is 0 Å². The molecule has 0 aromatic heterocycles. The van der Waals surface area contributed by atoms with Crippen LogP contribution in [0.1, 0.15) is 31.2 Å². The quantitative estimate of drug-likeness (QED) is 0.792. The highest BCUT2D eigenvalue weighted by molar-refractivity contribution is 5.39. The zero-order valence-electron chi connectivity index (χ0n) is 10.9. The summed E-state index contributed by atoms with van der Waals surface area (Å²) < 4.78 is 6.28. The Morgan fingerprint density at radius 2 is 1.94 bits per heavy atom. The van der Waals surface area contributed by atoms with Gasteiger partial charge in [-0.05, 0) is 30.4 Å². The van der Waals surface area contributed by atoms with E-state index in [1.165, 1.54) is 50.9 Å². The summed E-state index contributed by atoms with van der Waals surface area (Å²) in [4.78, 5) is 2.65. The lowest BCUT2D eigenvalue weighted by molar-refractivity contribution is 0.0182. The van der Waals surface area contributed by atoms with Crippen molar-refractivity contribution in [2.75, 3.05) is 19.6 Å². The average Bonchev–Trinajstić information content (AvgIpc) is 3.12. The molecule has 4 rings (SSSR count). The Morgan fingerprint density at radius 1 is 1.17 bits per heavy atom. The molecule has 2 nitrogen and oxygen atoms in total. The van der Waals surface area contributed by atoms with Gasteiger partial charge in [0, 0.05) is 38.9 Å². The van der Waals surface area contributed by atoms with Gasteiger partial charge in [-0.3, -0.25) is 0 Å². The molecular weight excluding hydrogens is 222 g/mol. The molecule has 3 aliphatic rings. The average molecular weight is 243 g/mol. The van der Waals surface area contributed by atoms with Crippen molar-refractivity contribution in [2.24, 2.45) is 5.92 Å². The summed E-state index contributed by atoms with van der Waals surface area (Å²) in [5, 5.41) is 0. The molecule has 0 atom stereocenters. The van der Waals surface area contributed by atoms with Crippen molar-refractivity contribution in [1.29, 1.82) is 0 Å². The van der Waals surface area contributed by atoms with E-state index in [2.05, 4.69) is 29.2 Å². The van der Waals surface area contributed by atoms with E-state index in [-0.39, 0.29) is 5.60 Å². The van der Waals surface area contributed by atoms with Crippen molar-refractivity contribution in [3.63, 3.8) is 0 Å². The molecule has 0 radical (unpaired) electrons. The summed E-state index contributed by atoms with van der Waals surface area (Å²) in [6.45, 7) is 3.79. The van der Waals surface area contributed by atoms with Crippen LogP contribution in [0.5, 0.6) is 5.75 Å². The lowest BCUT2D eigenvalue weighted by Gasteiger charge is -2.38. The van der Waals surface area contributed by atoms with Crippen LogP contribution < -0.4 is 4.74 Å². The fraction of sp³-hybridized carbons (Fsp3) is 0.625. The number of likely N-dealkylation sites (tertiary alicyclic amines) is 1. The van der Waals surface area contributed by atoms with Crippen molar-refractivity contribution in [3.8, 4) is 5.75 Å². The molecule has 1 aromatic carbocycles. The Labute approximate surface area is 109 Å². The van der Waals surface area contributed by atoms with Crippen LogP contribution in [0, 0.1) is 5.92 Å². The van der Waals surface area contributed by atoms with Gasteiger partial charge in [0.05, 0.1) is 0 Å².